The molecule has 7 nitrogen and oxygen atoms in total. The number of anilines is 1. The zero-order chi connectivity index (χ0) is 14.8. The molecule has 0 amide bonds. The van der Waals surface area contributed by atoms with Gasteiger partial charge in [0.25, 0.3) is 0 Å². The second-order valence-corrected chi connectivity index (χ2v) is 5.11. The number of aliphatic carboxylic acids is 1. The van der Waals surface area contributed by atoms with Crippen molar-refractivity contribution in [3.8, 4) is 0 Å². The van der Waals surface area contributed by atoms with Crippen LogP contribution in [0.15, 0.2) is 12.1 Å². The first-order valence-electron chi connectivity index (χ1n) is 6.39. The molecule has 1 aromatic heterocycles. The highest BCUT2D eigenvalue weighted by atomic mass is 16.5. The van der Waals surface area contributed by atoms with Crippen molar-refractivity contribution < 1.29 is 19.4 Å². The highest BCUT2D eigenvalue weighted by Gasteiger charge is 2.45. The summed E-state index contributed by atoms with van der Waals surface area (Å²) in [4.78, 5) is 22.6. The molecule has 1 heterocycles. The molecule has 2 N–H and O–H groups in total. The number of carboxylic acids is 1. The molecular weight excluding hydrogens is 262 g/mol. The van der Waals surface area contributed by atoms with Crippen LogP contribution in [0, 0.1) is 5.41 Å². The van der Waals surface area contributed by atoms with Crippen LogP contribution < -0.4 is 5.32 Å². The maximum Gasteiger partial charge on any atom is 0.358 e. The van der Waals surface area contributed by atoms with Crippen molar-refractivity contribution in [2.45, 2.75) is 32.2 Å². The predicted molar refractivity (Wildman–Crippen MR) is 70.4 cm³/mol. The molecule has 1 aliphatic rings. The van der Waals surface area contributed by atoms with Gasteiger partial charge in [-0.1, -0.05) is 6.42 Å². The lowest BCUT2D eigenvalue weighted by molar-refractivity contribution is -0.147. The summed E-state index contributed by atoms with van der Waals surface area (Å²) in [6, 6.07) is 2.90. The van der Waals surface area contributed by atoms with E-state index in [9.17, 15) is 14.7 Å². The van der Waals surface area contributed by atoms with Crippen LogP contribution in [0.3, 0.4) is 0 Å². The number of ether oxygens (including phenoxy) is 1. The summed E-state index contributed by atoms with van der Waals surface area (Å²) in [6.07, 6.45) is 2.26. The Balaban J connectivity index is 2.10. The van der Waals surface area contributed by atoms with E-state index in [-0.39, 0.29) is 11.7 Å². The summed E-state index contributed by atoms with van der Waals surface area (Å²) in [7, 11) is 1.27. The molecule has 1 saturated carbocycles. The number of carbonyl (C=O) groups excluding carboxylic acids is 1. The Morgan fingerprint density at radius 3 is 2.75 bits per heavy atom. The number of rotatable bonds is 4. The monoisotopic (exact) mass is 279 g/mol. The Hall–Kier alpha value is -2.18. The minimum Gasteiger partial charge on any atom is -0.481 e. The number of esters is 1. The summed E-state index contributed by atoms with van der Waals surface area (Å²) in [5, 5.41) is 20.1. The molecule has 2 atom stereocenters. The fourth-order valence-electron chi connectivity index (χ4n) is 2.45. The molecule has 2 rings (SSSR count). The third kappa shape index (κ3) is 2.56. The first kappa shape index (κ1) is 14.2. The zero-order valence-electron chi connectivity index (χ0n) is 11.4. The number of carboxylic acid groups (broad SMARTS) is 1. The maximum atomic E-state index is 11.4. The molecule has 0 spiro atoms. The van der Waals surface area contributed by atoms with E-state index in [1.165, 1.54) is 13.2 Å². The van der Waals surface area contributed by atoms with Crippen molar-refractivity contribution >= 4 is 17.8 Å². The van der Waals surface area contributed by atoms with Crippen LogP contribution in [-0.4, -0.2) is 40.4 Å². The van der Waals surface area contributed by atoms with Gasteiger partial charge in [0.1, 0.15) is 5.82 Å². The van der Waals surface area contributed by atoms with Gasteiger partial charge in [-0.15, -0.1) is 10.2 Å². The van der Waals surface area contributed by atoms with E-state index >= 15 is 0 Å². The standard InChI is InChI=1S/C13H17N3O4/c1-13(12(18)19)7-3-4-9(13)14-10-6-5-8(15-16-10)11(17)20-2/h5-6,9H,3-4,7H2,1-2H3,(H,14,16)(H,18,19). The molecule has 1 fully saturated rings. The number of nitrogens with zero attached hydrogens (tertiary/aromatic N) is 2. The van der Waals surface area contributed by atoms with Gasteiger partial charge in [0.2, 0.25) is 0 Å². The van der Waals surface area contributed by atoms with Gasteiger partial charge >= 0.3 is 11.9 Å². The molecule has 2 unspecified atom stereocenters. The van der Waals surface area contributed by atoms with Gasteiger partial charge in [0.15, 0.2) is 5.69 Å². The summed E-state index contributed by atoms with van der Waals surface area (Å²) in [5.74, 6) is -0.913. The number of carbonyl (C=O) groups is 2. The van der Waals surface area contributed by atoms with Crippen LogP contribution in [0.2, 0.25) is 0 Å². The van der Waals surface area contributed by atoms with Crippen LogP contribution in [0.5, 0.6) is 0 Å². The van der Waals surface area contributed by atoms with Crippen molar-refractivity contribution in [2.75, 3.05) is 12.4 Å². The number of nitrogens with one attached hydrogen (secondary N) is 1. The fraction of sp³-hybridized carbons (Fsp3) is 0.538. The molecule has 7 heteroatoms. The van der Waals surface area contributed by atoms with E-state index in [1.54, 1.807) is 13.0 Å². The van der Waals surface area contributed by atoms with E-state index in [0.29, 0.717) is 12.2 Å². The lowest BCUT2D eigenvalue weighted by Crippen LogP contribution is -2.40. The second-order valence-electron chi connectivity index (χ2n) is 5.11. The Bertz CT molecular complexity index is 517. The summed E-state index contributed by atoms with van der Waals surface area (Å²) >= 11 is 0. The number of hydrogen-bond acceptors (Lipinski definition) is 6. The normalized spacial score (nSPS) is 25.2. The van der Waals surface area contributed by atoms with Crippen LogP contribution in [-0.2, 0) is 9.53 Å². The number of aromatic nitrogens is 2. The fourth-order valence-corrected chi connectivity index (χ4v) is 2.45. The molecular formula is C13H17N3O4. The average molecular weight is 279 g/mol. The Morgan fingerprint density at radius 2 is 2.20 bits per heavy atom. The molecule has 0 aromatic carbocycles. The van der Waals surface area contributed by atoms with Gasteiger partial charge in [-0.25, -0.2) is 4.79 Å². The Labute approximate surface area is 116 Å². The SMILES string of the molecule is COC(=O)c1ccc(NC2CCCC2(C)C(=O)O)nn1. The molecule has 0 radical (unpaired) electrons. The van der Waals surface area contributed by atoms with Crippen LogP contribution in [0.1, 0.15) is 36.7 Å². The molecule has 1 aliphatic carbocycles. The van der Waals surface area contributed by atoms with Crippen molar-refractivity contribution in [3.05, 3.63) is 17.8 Å². The van der Waals surface area contributed by atoms with Crippen LogP contribution in [0.25, 0.3) is 0 Å². The van der Waals surface area contributed by atoms with Gasteiger partial charge in [-0.05, 0) is 31.9 Å². The molecule has 1 aromatic rings. The first-order chi connectivity index (χ1) is 9.47. The molecule has 0 saturated heterocycles. The smallest absolute Gasteiger partial charge is 0.358 e. The van der Waals surface area contributed by atoms with E-state index in [4.69, 9.17) is 0 Å². The van der Waals surface area contributed by atoms with Gasteiger partial charge in [-0.2, -0.15) is 0 Å². The van der Waals surface area contributed by atoms with Gasteiger partial charge in [0, 0.05) is 6.04 Å². The van der Waals surface area contributed by atoms with E-state index in [1.807, 2.05) is 0 Å². The van der Waals surface area contributed by atoms with E-state index in [0.717, 1.165) is 12.8 Å². The van der Waals surface area contributed by atoms with Crippen molar-refractivity contribution in [1.29, 1.82) is 0 Å². The largest absolute Gasteiger partial charge is 0.481 e. The summed E-state index contributed by atoms with van der Waals surface area (Å²) in [5.41, 5.74) is -0.687. The quantitative estimate of drug-likeness (QED) is 0.801. The zero-order valence-corrected chi connectivity index (χ0v) is 11.4. The summed E-state index contributed by atoms with van der Waals surface area (Å²) < 4.78 is 4.53. The van der Waals surface area contributed by atoms with Crippen LogP contribution in [0.4, 0.5) is 5.82 Å². The third-order valence-corrected chi connectivity index (χ3v) is 3.83. The van der Waals surface area contributed by atoms with Crippen molar-refractivity contribution in [2.24, 2.45) is 5.41 Å². The number of hydrogen-bond donors (Lipinski definition) is 2. The topological polar surface area (TPSA) is 101 Å². The summed E-state index contributed by atoms with van der Waals surface area (Å²) in [6.45, 7) is 1.73. The highest BCUT2D eigenvalue weighted by molar-refractivity contribution is 5.87. The van der Waals surface area contributed by atoms with Gasteiger partial charge in [0.05, 0.1) is 12.5 Å². The highest BCUT2D eigenvalue weighted by Crippen LogP contribution is 2.39. The lowest BCUT2D eigenvalue weighted by Gasteiger charge is -2.27. The molecule has 0 bridgehead atoms. The lowest BCUT2D eigenvalue weighted by atomic mass is 9.85. The minimum absolute atomic E-state index is 0.116. The predicted octanol–water partition coefficient (Wildman–Crippen LogP) is 1.32. The minimum atomic E-state index is -0.813. The van der Waals surface area contributed by atoms with Gasteiger partial charge in [-0.3, -0.25) is 4.79 Å². The van der Waals surface area contributed by atoms with Crippen molar-refractivity contribution in [1.82, 2.24) is 10.2 Å². The second kappa shape index (κ2) is 5.44. The maximum absolute atomic E-state index is 11.4. The van der Waals surface area contributed by atoms with Crippen LogP contribution >= 0.6 is 0 Å². The Kier molecular flexibility index (Phi) is 3.87. The van der Waals surface area contributed by atoms with E-state index < -0.39 is 17.4 Å². The average Bonchev–Trinajstić information content (AvgIpc) is 2.81. The molecule has 108 valence electrons. The van der Waals surface area contributed by atoms with Crippen molar-refractivity contribution in [3.63, 3.8) is 0 Å². The van der Waals surface area contributed by atoms with Gasteiger partial charge < -0.3 is 15.2 Å². The van der Waals surface area contributed by atoms with E-state index in [2.05, 4.69) is 20.3 Å². The third-order valence-electron chi connectivity index (χ3n) is 3.83. The Morgan fingerprint density at radius 1 is 1.45 bits per heavy atom. The first-order valence-corrected chi connectivity index (χ1v) is 6.39. The molecule has 0 aliphatic heterocycles. The number of methoxy groups -OCH3 is 1. The molecule has 20 heavy (non-hydrogen) atoms.